The van der Waals surface area contributed by atoms with Crippen LogP contribution in [0.5, 0.6) is 5.88 Å². The van der Waals surface area contributed by atoms with Gasteiger partial charge in [-0.3, -0.25) is 10.1 Å². The van der Waals surface area contributed by atoms with Crippen LogP contribution in [0, 0.1) is 11.7 Å². The fraction of sp³-hybridized carbons (Fsp3) is 0.300. The second-order valence-corrected chi connectivity index (χ2v) is 7.65. The fourth-order valence-electron chi connectivity index (χ4n) is 2.61. The van der Waals surface area contributed by atoms with Gasteiger partial charge in [-0.05, 0) is 30.0 Å². The van der Waals surface area contributed by atoms with E-state index in [2.05, 4.69) is 20.6 Å². The molecule has 0 bridgehead atoms. The van der Waals surface area contributed by atoms with Crippen molar-refractivity contribution in [2.45, 2.75) is 20.3 Å². The maximum atomic E-state index is 13.2. The minimum absolute atomic E-state index is 0.228. The molecule has 0 fully saturated rings. The number of ether oxygens (including phenoxy) is 1. The van der Waals surface area contributed by atoms with E-state index in [1.54, 1.807) is 12.1 Å². The molecule has 0 spiro atoms. The van der Waals surface area contributed by atoms with Crippen LogP contribution in [0.4, 0.5) is 9.18 Å². The monoisotopic (exact) mass is 416 g/mol. The number of rotatable bonds is 7. The quantitative estimate of drug-likeness (QED) is 0.612. The molecule has 3 rings (SSSR count). The van der Waals surface area contributed by atoms with Gasteiger partial charge in [0.05, 0.1) is 5.39 Å². The number of thiophene rings is 1. The highest BCUT2D eigenvalue weighted by Gasteiger charge is 2.16. The SMILES string of the molecule is CC(C)CCNC(=O)NC(=O)COc1ncnc2scc(-c3ccc(F)cc3)c12. The zero-order valence-electron chi connectivity index (χ0n) is 16.1. The number of carbonyl (C=O) groups is 2. The Labute approximate surface area is 171 Å². The molecule has 3 aromatic rings. The summed E-state index contributed by atoms with van der Waals surface area (Å²) in [6, 6.07) is 5.49. The van der Waals surface area contributed by atoms with Crippen LogP contribution in [0.1, 0.15) is 20.3 Å². The van der Waals surface area contributed by atoms with Gasteiger partial charge >= 0.3 is 6.03 Å². The van der Waals surface area contributed by atoms with Crippen molar-refractivity contribution >= 4 is 33.5 Å². The summed E-state index contributed by atoms with van der Waals surface area (Å²) >= 11 is 1.39. The molecule has 0 radical (unpaired) electrons. The predicted molar refractivity (Wildman–Crippen MR) is 109 cm³/mol. The van der Waals surface area contributed by atoms with Crippen LogP contribution in [-0.2, 0) is 4.79 Å². The maximum absolute atomic E-state index is 13.2. The average Bonchev–Trinajstić information content (AvgIpc) is 3.11. The van der Waals surface area contributed by atoms with Crippen molar-refractivity contribution in [1.29, 1.82) is 0 Å². The largest absolute Gasteiger partial charge is 0.467 e. The minimum atomic E-state index is -0.586. The van der Waals surface area contributed by atoms with Crippen molar-refractivity contribution in [3.05, 3.63) is 41.8 Å². The number of imide groups is 1. The second-order valence-electron chi connectivity index (χ2n) is 6.79. The van der Waals surface area contributed by atoms with Gasteiger partial charge in [0.15, 0.2) is 6.61 Å². The molecule has 2 N–H and O–H groups in total. The van der Waals surface area contributed by atoms with Gasteiger partial charge in [0.2, 0.25) is 5.88 Å². The summed E-state index contributed by atoms with van der Waals surface area (Å²) in [4.78, 5) is 32.8. The van der Waals surface area contributed by atoms with Crippen LogP contribution in [0.25, 0.3) is 21.3 Å². The molecule has 0 saturated heterocycles. The smallest absolute Gasteiger partial charge is 0.321 e. The summed E-state index contributed by atoms with van der Waals surface area (Å²) in [5, 5.41) is 7.36. The highest BCUT2D eigenvalue weighted by atomic mass is 32.1. The molecule has 7 nitrogen and oxygen atoms in total. The number of halogens is 1. The molecule has 2 aromatic heterocycles. The molecule has 0 aliphatic heterocycles. The van der Waals surface area contributed by atoms with Crippen molar-refractivity contribution in [3.63, 3.8) is 0 Å². The Morgan fingerprint density at radius 1 is 1.21 bits per heavy atom. The van der Waals surface area contributed by atoms with Crippen LogP contribution in [0.15, 0.2) is 36.0 Å². The fourth-order valence-corrected chi connectivity index (χ4v) is 3.52. The Balaban J connectivity index is 1.67. The molecule has 152 valence electrons. The van der Waals surface area contributed by atoms with E-state index in [0.29, 0.717) is 22.7 Å². The van der Waals surface area contributed by atoms with Gasteiger partial charge in [0.1, 0.15) is 17.0 Å². The lowest BCUT2D eigenvalue weighted by Crippen LogP contribution is -2.42. The number of nitrogens with zero attached hydrogens (tertiary/aromatic N) is 2. The Kier molecular flexibility index (Phi) is 6.71. The zero-order chi connectivity index (χ0) is 20.8. The lowest BCUT2D eigenvalue weighted by Gasteiger charge is -2.09. The molecule has 3 amide bonds. The molecule has 2 heterocycles. The van der Waals surface area contributed by atoms with E-state index >= 15 is 0 Å². The van der Waals surface area contributed by atoms with Gasteiger partial charge in [0, 0.05) is 17.5 Å². The second kappa shape index (κ2) is 9.42. The first kappa shape index (κ1) is 20.7. The van der Waals surface area contributed by atoms with E-state index in [4.69, 9.17) is 4.74 Å². The summed E-state index contributed by atoms with van der Waals surface area (Å²) < 4.78 is 18.8. The molecule has 9 heteroatoms. The van der Waals surface area contributed by atoms with E-state index < -0.39 is 11.9 Å². The number of fused-ring (bicyclic) bond motifs is 1. The molecular weight excluding hydrogens is 395 g/mol. The summed E-state index contributed by atoms with van der Waals surface area (Å²) in [5.41, 5.74) is 1.57. The molecule has 0 saturated carbocycles. The number of amides is 3. The Hall–Kier alpha value is -3.07. The third-order valence-corrected chi connectivity index (χ3v) is 4.98. The molecule has 29 heavy (non-hydrogen) atoms. The van der Waals surface area contributed by atoms with Crippen molar-refractivity contribution < 1.29 is 18.7 Å². The van der Waals surface area contributed by atoms with Crippen molar-refractivity contribution in [3.8, 4) is 17.0 Å². The first-order chi connectivity index (χ1) is 13.9. The normalized spacial score (nSPS) is 10.9. The van der Waals surface area contributed by atoms with Crippen LogP contribution in [-0.4, -0.2) is 35.1 Å². The number of aromatic nitrogens is 2. The number of hydrogen-bond donors (Lipinski definition) is 2. The number of nitrogens with one attached hydrogen (secondary N) is 2. The lowest BCUT2D eigenvalue weighted by atomic mass is 10.1. The highest BCUT2D eigenvalue weighted by Crippen LogP contribution is 2.37. The maximum Gasteiger partial charge on any atom is 0.321 e. The molecule has 1 aromatic carbocycles. The summed E-state index contributed by atoms with van der Waals surface area (Å²) in [6.45, 7) is 4.21. The Morgan fingerprint density at radius 3 is 2.69 bits per heavy atom. The molecule has 0 aliphatic carbocycles. The van der Waals surface area contributed by atoms with Gasteiger partial charge in [0.25, 0.3) is 5.91 Å². The highest BCUT2D eigenvalue weighted by molar-refractivity contribution is 7.17. The minimum Gasteiger partial charge on any atom is -0.467 e. The van der Waals surface area contributed by atoms with Gasteiger partial charge in [-0.2, -0.15) is 0 Å². The van der Waals surface area contributed by atoms with Gasteiger partial charge < -0.3 is 10.1 Å². The van der Waals surface area contributed by atoms with Gasteiger partial charge in [-0.15, -0.1) is 11.3 Å². The first-order valence-electron chi connectivity index (χ1n) is 9.12. The van der Waals surface area contributed by atoms with Crippen molar-refractivity contribution in [2.75, 3.05) is 13.2 Å². The zero-order valence-corrected chi connectivity index (χ0v) is 16.9. The lowest BCUT2D eigenvalue weighted by molar-refractivity contribution is -0.122. The number of carbonyl (C=O) groups excluding carboxylic acids is 2. The first-order valence-corrected chi connectivity index (χ1v) is 10.0. The number of hydrogen-bond acceptors (Lipinski definition) is 6. The van der Waals surface area contributed by atoms with E-state index in [1.165, 1.54) is 29.8 Å². The van der Waals surface area contributed by atoms with Gasteiger partial charge in [-0.1, -0.05) is 26.0 Å². The Bertz CT molecular complexity index is 1000. The van der Waals surface area contributed by atoms with Crippen molar-refractivity contribution in [2.24, 2.45) is 5.92 Å². The van der Waals surface area contributed by atoms with Crippen molar-refractivity contribution in [1.82, 2.24) is 20.6 Å². The standard InChI is InChI=1S/C20H21FN4O3S/c1-12(2)7-8-22-20(27)25-16(26)9-28-18-17-15(10-29-19(17)24-11-23-18)13-3-5-14(21)6-4-13/h3-6,10-12H,7-9H2,1-2H3,(H2,22,25,26,27). The third-order valence-electron chi connectivity index (χ3n) is 4.09. The molecule has 0 aliphatic rings. The summed E-state index contributed by atoms with van der Waals surface area (Å²) in [5.74, 6) is -0.233. The molecule has 0 unspecified atom stereocenters. The van der Waals surface area contributed by atoms with Crippen LogP contribution in [0.2, 0.25) is 0 Å². The van der Waals surface area contributed by atoms with Crippen LogP contribution in [0.3, 0.4) is 0 Å². The van der Waals surface area contributed by atoms with Gasteiger partial charge in [-0.25, -0.2) is 19.2 Å². The molecule has 0 atom stereocenters. The van der Waals surface area contributed by atoms with E-state index in [1.807, 2.05) is 19.2 Å². The summed E-state index contributed by atoms with van der Waals surface area (Å²) in [7, 11) is 0. The van der Waals surface area contributed by atoms with E-state index in [-0.39, 0.29) is 18.3 Å². The number of benzene rings is 1. The Morgan fingerprint density at radius 2 is 1.97 bits per heavy atom. The third kappa shape index (κ3) is 5.47. The van der Waals surface area contributed by atoms with Crippen LogP contribution >= 0.6 is 11.3 Å². The topological polar surface area (TPSA) is 93.2 Å². The van der Waals surface area contributed by atoms with E-state index in [0.717, 1.165) is 17.5 Å². The van der Waals surface area contributed by atoms with Crippen LogP contribution < -0.4 is 15.4 Å². The average molecular weight is 416 g/mol. The predicted octanol–water partition coefficient (Wildman–Crippen LogP) is 3.75. The molecular formula is C20H21FN4O3S. The number of urea groups is 1. The van der Waals surface area contributed by atoms with E-state index in [9.17, 15) is 14.0 Å². The summed E-state index contributed by atoms with van der Waals surface area (Å²) in [6.07, 6.45) is 2.17.